The zero-order valence-electron chi connectivity index (χ0n) is 15.7. The predicted octanol–water partition coefficient (Wildman–Crippen LogP) is 3.02. The second-order valence-corrected chi connectivity index (χ2v) is 6.85. The number of nitrogens with one attached hydrogen (secondary N) is 2. The molecule has 0 aliphatic carbocycles. The Kier molecular flexibility index (Phi) is 5.64. The average molecular weight is 368 g/mol. The molecule has 27 heavy (non-hydrogen) atoms. The van der Waals surface area contributed by atoms with E-state index in [0.29, 0.717) is 30.0 Å². The Hall–Kier alpha value is -3.02. The molecule has 0 saturated heterocycles. The zero-order chi connectivity index (χ0) is 19.4. The van der Waals surface area contributed by atoms with Crippen LogP contribution >= 0.6 is 0 Å². The highest BCUT2D eigenvalue weighted by Gasteiger charge is 2.26. The van der Waals surface area contributed by atoms with E-state index < -0.39 is 0 Å². The van der Waals surface area contributed by atoms with Crippen molar-refractivity contribution in [2.75, 3.05) is 19.0 Å². The van der Waals surface area contributed by atoms with Crippen molar-refractivity contribution < 1.29 is 19.1 Å². The van der Waals surface area contributed by atoms with Crippen molar-refractivity contribution >= 4 is 17.5 Å². The molecule has 0 radical (unpaired) electrons. The summed E-state index contributed by atoms with van der Waals surface area (Å²) in [6.45, 7) is 4.22. The van der Waals surface area contributed by atoms with Gasteiger partial charge in [0.25, 0.3) is 5.91 Å². The highest BCUT2D eigenvalue weighted by molar-refractivity contribution is 6.06. The lowest BCUT2D eigenvalue weighted by Gasteiger charge is -2.26. The zero-order valence-corrected chi connectivity index (χ0v) is 15.7. The molecule has 1 atom stereocenters. The Morgan fingerprint density at radius 1 is 1.19 bits per heavy atom. The molecule has 1 unspecified atom stereocenters. The molecule has 6 heteroatoms. The van der Waals surface area contributed by atoms with Gasteiger partial charge < -0.3 is 20.1 Å². The molecule has 0 aromatic heterocycles. The summed E-state index contributed by atoms with van der Waals surface area (Å²) < 4.78 is 11.0. The summed E-state index contributed by atoms with van der Waals surface area (Å²) in [5.41, 5.74) is 2.02. The number of para-hydroxylation sites is 1. The lowest BCUT2D eigenvalue weighted by molar-refractivity contribution is -0.126. The van der Waals surface area contributed by atoms with Crippen molar-refractivity contribution in [2.45, 2.75) is 26.3 Å². The molecule has 142 valence electrons. The predicted molar refractivity (Wildman–Crippen MR) is 103 cm³/mol. The maximum Gasteiger partial charge on any atom is 0.259 e. The fourth-order valence-electron chi connectivity index (χ4n) is 3.07. The van der Waals surface area contributed by atoms with Crippen LogP contribution in [0.1, 0.15) is 29.8 Å². The second-order valence-electron chi connectivity index (χ2n) is 6.85. The Morgan fingerprint density at radius 2 is 1.96 bits per heavy atom. The molecule has 3 rings (SSSR count). The van der Waals surface area contributed by atoms with Gasteiger partial charge in [-0.1, -0.05) is 12.1 Å². The Balaban J connectivity index is 1.74. The molecular formula is C21H24N2O4. The third-order valence-corrected chi connectivity index (χ3v) is 4.38. The van der Waals surface area contributed by atoms with Crippen LogP contribution < -0.4 is 20.1 Å². The fourth-order valence-corrected chi connectivity index (χ4v) is 3.07. The van der Waals surface area contributed by atoms with Crippen LogP contribution in [-0.2, 0) is 11.2 Å². The van der Waals surface area contributed by atoms with Crippen molar-refractivity contribution in [3.63, 3.8) is 0 Å². The molecule has 1 aliphatic rings. The number of carbonyl (C=O) groups excluding carboxylic acids is 2. The van der Waals surface area contributed by atoms with Gasteiger partial charge >= 0.3 is 0 Å². The molecule has 0 saturated carbocycles. The minimum atomic E-state index is -0.252. The molecular weight excluding hydrogens is 344 g/mol. The SMILES string of the molecule is COc1ccccc1C(=O)Nc1ccc2c(c1)CC(C(=O)NC(C)C)CO2. The highest BCUT2D eigenvalue weighted by Crippen LogP contribution is 2.30. The summed E-state index contributed by atoms with van der Waals surface area (Å²) in [4.78, 5) is 24.8. The van der Waals surface area contributed by atoms with Crippen LogP contribution in [0.5, 0.6) is 11.5 Å². The van der Waals surface area contributed by atoms with Gasteiger partial charge in [0.1, 0.15) is 18.1 Å². The maximum absolute atomic E-state index is 12.6. The van der Waals surface area contributed by atoms with Gasteiger partial charge in [-0.25, -0.2) is 0 Å². The van der Waals surface area contributed by atoms with Crippen LogP contribution in [0.25, 0.3) is 0 Å². The van der Waals surface area contributed by atoms with Gasteiger partial charge in [0.2, 0.25) is 5.91 Å². The molecule has 2 amide bonds. The number of carbonyl (C=O) groups is 2. The molecule has 2 aromatic rings. The van der Waals surface area contributed by atoms with Crippen LogP contribution in [0.2, 0.25) is 0 Å². The van der Waals surface area contributed by atoms with Gasteiger partial charge in [0.15, 0.2) is 0 Å². The smallest absolute Gasteiger partial charge is 0.259 e. The van der Waals surface area contributed by atoms with E-state index in [9.17, 15) is 9.59 Å². The molecule has 2 aromatic carbocycles. The lowest BCUT2D eigenvalue weighted by Crippen LogP contribution is -2.40. The summed E-state index contributed by atoms with van der Waals surface area (Å²) in [6.07, 6.45) is 0.576. The summed E-state index contributed by atoms with van der Waals surface area (Å²) in [6, 6.07) is 12.6. The normalized spacial score (nSPS) is 15.5. The number of hydrogen-bond acceptors (Lipinski definition) is 4. The van der Waals surface area contributed by atoms with Crippen LogP contribution in [-0.4, -0.2) is 31.6 Å². The summed E-state index contributed by atoms with van der Waals surface area (Å²) >= 11 is 0. The van der Waals surface area contributed by atoms with E-state index in [2.05, 4.69) is 10.6 Å². The van der Waals surface area contributed by atoms with E-state index in [1.54, 1.807) is 24.3 Å². The first-order valence-corrected chi connectivity index (χ1v) is 8.98. The number of ether oxygens (including phenoxy) is 2. The van der Waals surface area contributed by atoms with Gasteiger partial charge in [-0.2, -0.15) is 0 Å². The first-order chi connectivity index (χ1) is 13.0. The third-order valence-electron chi connectivity index (χ3n) is 4.38. The summed E-state index contributed by atoms with van der Waals surface area (Å²) in [5, 5.41) is 5.81. The van der Waals surface area contributed by atoms with E-state index in [0.717, 1.165) is 11.3 Å². The van der Waals surface area contributed by atoms with Gasteiger partial charge in [-0.3, -0.25) is 9.59 Å². The maximum atomic E-state index is 12.6. The minimum Gasteiger partial charge on any atom is -0.496 e. The van der Waals surface area contributed by atoms with Crippen LogP contribution in [0.3, 0.4) is 0 Å². The molecule has 1 aliphatic heterocycles. The van der Waals surface area contributed by atoms with Crippen molar-refractivity contribution in [2.24, 2.45) is 5.92 Å². The number of methoxy groups -OCH3 is 1. The molecule has 0 fully saturated rings. The van der Waals surface area contributed by atoms with Gasteiger partial charge in [0, 0.05) is 11.7 Å². The van der Waals surface area contributed by atoms with Crippen LogP contribution in [0.15, 0.2) is 42.5 Å². The van der Waals surface area contributed by atoms with Crippen molar-refractivity contribution in [1.82, 2.24) is 5.32 Å². The topological polar surface area (TPSA) is 76.7 Å². The van der Waals surface area contributed by atoms with Crippen molar-refractivity contribution in [1.29, 1.82) is 0 Å². The van der Waals surface area contributed by atoms with E-state index in [1.807, 2.05) is 32.0 Å². The number of amides is 2. The van der Waals surface area contributed by atoms with E-state index in [1.165, 1.54) is 7.11 Å². The van der Waals surface area contributed by atoms with E-state index in [4.69, 9.17) is 9.47 Å². The summed E-state index contributed by atoms with van der Waals surface area (Å²) in [7, 11) is 1.53. The van der Waals surface area contributed by atoms with Crippen molar-refractivity contribution in [3.8, 4) is 11.5 Å². The minimum absolute atomic E-state index is 0.0147. The summed E-state index contributed by atoms with van der Waals surface area (Å²) in [5.74, 6) is 0.762. The first-order valence-electron chi connectivity index (χ1n) is 8.98. The lowest BCUT2D eigenvalue weighted by atomic mass is 9.95. The van der Waals surface area contributed by atoms with Crippen LogP contribution in [0, 0.1) is 5.92 Å². The largest absolute Gasteiger partial charge is 0.496 e. The van der Waals surface area contributed by atoms with Gasteiger partial charge in [0.05, 0.1) is 18.6 Å². The van der Waals surface area contributed by atoms with Gasteiger partial charge in [-0.15, -0.1) is 0 Å². The quantitative estimate of drug-likeness (QED) is 0.851. The number of benzene rings is 2. The Labute approximate surface area is 158 Å². The highest BCUT2D eigenvalue weighted by atomic mass is 16.5. The average Bonchev–Trinajstić information content (AvgIpc) is 2.66. The number of hydrogen-bond donors (Lipinski definition) is 2. The van der Waals surface area contributed by atoms with E-state index in [-0.39, 0.29) is 23.8 Å². The Morgan fingerprint density at radius 3 is 2.70 bits per heavy atom. The molecule has 1 heterocycles. The number of anilines is 1. The molecule has 6 nitrogen and oxygen atoms in total. The third kappa shape index (κ3) is 4.39. The monoisotopic (exact) mass is 368 g/mol. The number of fused-ring (bicyclic) bond motifs is 1. The van der Waals surface area contributed by atoms with E-state index >= 15 is 0 Å². The Bertz CT molecular complexity index is 848. The second kappa shape index (κ2) is 8.12. The van der Waals surface area contributed by atoms with Crippen molar-refractivity contribution in [3.05, 3.63) is 53.6 Å². The standard InChI is InChI=1S/C21H24N2O4/c1-13(2)22-20(24)15-10-14-11-16(8-9-18(14)27-12-15)23-21(25)17-6-4-5-7-19(17)26-3/h4-9,11,13,15H,10,12H2,1-3H3,(H,22,24)(H,23,25). The molecule has 0 spiro atoms. The van der Waals surface area contributed by atoms with Crippen LogP contribution in [0.4, 0.5) is 5.69 Å². The molecule has 0 bridgehead atoms. The van der Waals surface area contributed by atoms with Gasteiger partial charge in [-0.05, 0) is 56.2 Å². The number of rotatable bonds is 5. The molecule has 2 N–H and O–H groups in total. The first kappa shape index (κ1) is 18.8. The fraction of sp³-hybridized carbons (Fsp3) is 0.333.